The average molecular weight is 244 g/mol. The summed E-state index contributed by atoms with van der Waals surface area (Å²) < 4.78 is 5.95. The summed E-state index contributed by atoms with van der Waals surface area (Å²) in [5.41, 5.74) is 1.31. The first-order chi connectivity index (χ1) is 8.78. The van der Waals surface area contributed by atoms with Gasteiger partial charge in [-0.25, -0.2) is 0 Å². The summed E-state index contributed by atoms with van der Waals surface area (Å²) in [6.07, 6.45) is 6.49. The van der Waals surface area contributed by atoms with E-state index in [0.29, 0.717) is 18.5 Å². The summed E-state index contributed by atoms with van der Waals surface area (Å²) >= 11 is 0. The molecule has 3 rings (SSSR count). The number of hydrogen-bond acceptors (Lipinski definition) is 2. The zero-order valence-electron chi connectivity index (χ0n) is 10.7. The standard InChI is InChI=1S/C16H20O2/c17-15-8-11-16(15)9-6-14(7-10-16)18-12-13-4-2-1-3-5-13/h1-5,14H,6-12H2. The lowest BCUT2D eigenvalue weighted by molar-refractivity contribution is -0.143. The van der Waals surface area contributed by atoms with Gasteiger partial charge >= 0.3 is 0 Å². The van der Waals surface area contributed by atoms with Gasteiger partial charge in [0.2, 0.25) is 0 Å². The highest BCUT2D eigenvalue weighted by atomic mass is 16.5. The lowest BCUT2D eigenvalue weighted by Gasteiger charge is -2.45. The van der Waals surface area contributed by atoms with E-state index < -0.39 is 0 Å². The first kappa shape index (κ1) is 11.9. The third kappa shape index (κ3) is 2.22. The van der Waals surface area contributed by atoms with E-state index in [0.717, 1.165) is 38.5 Å². The summed E-state index contributed by atoms with van der Waals surface area (Å²) in [5, 5.41) is 0. The van der Waals surface area contributed by atoms with Crippen molar-refractivity contribution in [3.63, 3.8) is 0 Å². The van der Waals surface area contributed by atoms with Crippen molar-refractivity contribution in [1.82, 2.24) is 0 Å². The van der Waals surface area contributed by atoms with Gasteiger partial charge in [-0.15, -0.1) is 0 Å². The first-order valence-corrected chi connectivity index (χ1v) is 6.97. The lowest BCUT2D eigenvalue weighted by Crippen LogP contribution is -2.44. The molecule has 0 saturated heterocycles. The number of rotatable bonds is 3. The van der Waals surface area contributed by atoms with Crippen LogP contribution in [0.5, 0.6) is 0 Å². The van der Waals surface area contributed by atoms with Crippen LogP contribution in [0, 0.1) is 5.41 Å². The van der Waals surface area contributed by atoms with Crippen molar-refractivity contribution in [3.05, 3.63) is 35.9 Å². The van der Waals surface area contributed by atoms with E-state index in [1.54, 1.807) is 0 Å². The molecule has 0 bridgehead atoms. The van der Waals surface area contributed by atoms with Gasteiger partial charge in [0.1, 0.15) is 5.78 Å². The third-order valence-electron chi connectivity index (χ3n) is 4.64. The van der Waals surface area contributed by atoms with Crippen molar-refractivity contribution in [1.29, 1.82) is 0 Å². The molecule has 2 saturated carbocycles. The maximum atomic E-state index is 11.7. The molecule has 0 radical (unpaired) electrons. The van der Waals surface area contributed by atoms with Gasteiger partial charge in [0.25, 0.3) is 0 Å². The van der Waals surface area contributed by atoms with E-state index in [4.69, 9.17) is 4.74 Å². The van der Waals surface area contributed by atoms with Crippen LogP contribution in [-0.2, 0) is 16.1 Å². The van der Waals surface area contributed by atoms with Gasteiger partial charge < -0.3 is 4.74 Å². The Kier molecular flexibility index (Phi) is 3.21. The Labute approximate surface area is 108 Å². The average Bonchev–Trinajstić information content (AvgIpc) is 2.45. The Morgan fingerprint density at radius 1 is 1.11 bits per heavy atom. The molecule has 2 aliphatic rings. The van der Waals surface area contributed by atoms with Gasteiger partial charge in [0, 0.05) is 11.8 Å². The molecule has 96 valence electrons. The molecular weight excluding hydrogens is 224 g/mol. The Bertz CT molecular complexity index is 416. The molecule has 0 amide bonds. The van der Waals surface area contributed by atoms with E-state index in [9.17, 15) is 4.79 Å². The van der Waals surface area contributed by atoms with Crippen molar-refractivity contribution in [2.45, 2.75) is 51.2 Å². The van der Waals surface area contributed by atoms with E-state index in [1.807, 2.05) is 18.2 Å². The number of ketones is 1. The zero-order valence-corrected chi connectivity index (χ0v) is 10.7. The van der Waals surface area contributed by atoms with Crippen molar-refractivity contribution in [3.8, 4) is 0 Å². The van der Waals surface area contributed by atoms with Crippen molar-refractivity contribution in [2.24, 2.45) is 5.41 Å². The van der Waals surface area contributed by atoms with Crippen LogP contribution in [0.3, 0.4) is 0 Å². The molecule has 2 fully saturated rings. The van der Waals surface area contributed by atoms with Crippen molar-refractivity contribution < 1.29 is 9.53 Å². The fourth-order valence-corrected chi connectivity index (χ4v) is 3.21. The molecule has 0 aromatic heterocycles. The number of hydrogen-bond donors (Lipinski definition) is 0. The number of Topliss-reactive ketones (excluding diaryl/α,β-unsaturated/α-hetero) is 1. The van der Waals surface area contributed by atoms with Crippen molar-refractivity contribution in [2.75, 3.05) is 0 Å². The molecular formula is C16H20O2. The quantitative estimate of drug-likeness (QED) is 0.813. The topological polar surface area (TPSA) is 26.3 Å². The molecule has 0 heterocycles. The SMILES string of the molecule is O=C1CCC12CCC(OCc1ccccc1)CC2. The maximum Gasteiger partial charge on any atom is 0.139 e. The molecule has 0 N–H and O–H groups in total. The predicted octanol–water partition coefficient (Wildman–Crippen LogP) is 3.50. The molecule has 2 heteroatoms. The number of benzene rings is 1. The van der Waals surface area contributed by atoms with Gasteiger partial charge in [-0.3, -0.25) is 4.79 Å². The number of ether oxygens (including phenoxy) is 1. The van der Waals surface area contributed by atoms with Gasteiger partial charge in [0.15, 0.2) is 0 Å². The second-order valence-corrected chi connectivity index (χ2v) is 5.70. The maximum absolute atomic E-state index is 11.7. The summed E-state index contributed by atoms with van der Waals surface area (Å²) in [7, 11) is 0. The van der Waals surface area contributed by atoms with Crippen LogP contribution in [0.15, 0.2) is 30.3 Å². The van der Waals surface area contributed by atoms with E-state index in [1.165, 1.54) is 5.56 Å². The lowest BCUT2D eigenvalue weighted by atomic mass is 9.59. The zero-order chi connectivity index (χ0) is 12.4. The highest BCUT2D eigenvalue weighted by Crippen LogP contribution is 2.49. The molecule has 0 aliphatic heterocycles. The summed E-state index contributed by atoms with van der Waals surface area (Å²) in [6, 6.07) is 10.3. The van der Waals surface area contributed by atoms with E-state index >= 15 is 0 Å². The Morgan fingerprint density at radius 3 is 2.39 bits per heavy atom. The smallest absolute Gasteiger partial charge is 0.139 e. The normalized spacial score (nSPS) is 31.3. The first-order valence-electron chi connectivity index (χ1n) is 6.97. The minimum Gasteiger partial charge on any atom is -0.374 e. The van der Waals surface area contributed by atoms with E-state index in [-0.39, 0.29) is 5.41 Å². The molecule has 1 spiro atoms. The van der Waals surface area contributed by atoms with Crippen LogP contribution < -0.4 is 0 Å². The minimum atomic E-state index is 0.0760. The second kappa shape index (κ2) is 4.85. The molecule has 0 unspecified atom stereocenters. The number of carbonyl (C=O) groups excluding carboxylic acids is 1. The highest BCUT2D eigenvalue weighted by molar-refractivity contribution is 5.90. The molecule has 18 heavy (non-hydrogen) atoms. The second-order valence-electron chi connectivity index (χ2n) is 5.70. The Balaban J connectivity index is 1.47. The van der Waals surface area contributed by atoms with Gasteiger partial charge in [-0.1, -0.05) is 30.3 Å². The van der Waals surface area contributed by atoms with Crippen LogP contribution in [0.25, 0.3) is 0 Å². The predicted molar refractivity (Wildman–Crippen MR) is 70.2 cm³/mol. The van der Waals surface area contributed by atoms with Crippen LogP contribution in [0.4, 0.5) is 0 Å². The summed E-state index contributed by atoms with van der Waals surface area (Å²) in [4.78, 5) is 11.7. The van der Waals surface area contributed by atoms with Gasteiger partial charge in [-0.05, 0) is 37.7 Å². The van der Waals surface area contributed by atoms with Crippen LogP contribution in [0.2, 0.25) is 0 Å². The monoisotopic (exact) mass is 244 g/mol. The molecule has 1 aromatic carbocycles. The fraction of sp³-hybridized carbons (Fsp3) is 0.562. The summed E-state index contributed by atoms with van der Waals surface area (Å²) in [5.74, 6) is 0.504. The van der Waals surface area contributed by atoms with Crippen LogP contribution >= 0.6 is 0 Å². The van der Waals surface area contributed by atoms with Gasteiger partial charge in [0.05, 0.1) is 12.7 Å². The van der Waals surface area contributed by atoms with Crippen LogP contribution in [0.1, 0.15) is 44.1 Å². The van der Waals surface area contributed by atoms with Gasteiger partial charge in [-0.2, -0.15) is 0 Å². The Hall–Kier alpha value is -1.15. The fourth-order valence-electron chi connectivity index (χ4n) is 3.21. The largest absolute Gasteiger partial charge is 0.374 e. The van der Waals surface area contributed by atoms with Crippen LogP contribution in [-0.4, -0.2) is 11.9 Å². The molecule has 1 aromatic rings. The Morgan fingerprint density at radius 2 is 1.83 bits per heavy atom. The third-order valence-corrected chi connectivity index (χ3v) is 4.64. The molecule has 2 aliphatic carbocycles. The highest BCUT2D eigenvalue weighted by Gasteiger charge is 2.47. The minimum absolute atomic E-state index is 0.0760. The van der Waals surface area contributed by atoms with Crippen molar-refractivity contribution >= 4 is 5.78 Å². The number of carbonyl (C=O) groups is 1. The summed E-state index contributed by atoms with van der Waals surface area (Å²) in [6.45, 7) is 0.701. The molecule has 2 nitrogen and oxygen atoms in total. The van der Waals surface area contributed by atoms with E-state index in [2.05, 4.69) is 12.1 Å². The molecule has 0 atom stereocenters.